The van der Waals surface area contributed by atoms with Crippen LogP contribution < -0.4 is 9.47 Å². The Morgan fingerprint density at radius 2 is 1.16 bits per heavy atom. The molecule has 2 aromatic rings. The molecule has 0 aliphatic carbocycles. The van der Waals surface area contributed by atoms with Gasteiger partial charge < -0.3 is 29.9 Å². The largest absolute Gasteiger partial charge is 0.504 e. The Kier molecular flexibility index (Phi) is 8.54. The highest BCUT2D eigenvalue weighted by Gasteiger charge is 2.22. The summed E-state index contributed by atoms with van der Waals surface area (Å²) in [7, 11) is 2.84. The van der Waals surface area contributed by atoms with Crippen molar-refractivity contribution in [1.82, 2.24) is 0 Å². The SMILES string of the molecule is COc1cc(CC(CCCC(Cc2ccc(O)c(OC)c2)C(=O)O)C(=O)O)ccc1O. The lowest BCUT2D eigenvalue weighted by molar-refractivity contribution is -0.142. The third kappa shape index (κ3) is 6.80. The molecular formula is C23H28O8. The first-order chi connectivity index (χ1) is 14.7. The number of hydrogen-bond acceptors (Lipinski definition) is 6. The molecule has 0 amide bonds. The van der Waals surface area contributed by atoms with Gasteiger partial charge in [0.05, 0.1) is 26.1 Å². The molecule has 8 heteroatoms. The molecule has 0 radical (unpaired) electrons. The second kappa shape index (κ2) is 11.1. The maximum absolute atomic E-state index is 11.7. The summed E-state index contributed by atoms with van der Waals surface area (Å²) < 4.78 is 10.1. The van der Waals surface area contributed by atoms with E-state index in [4.69, 9.17) is 9.47 Å². The minimum absolute atomic E-state index is 0.0201. The number of aliphatic carboxylic acids is 2. The van der Waals surface area contributed by atoms with E-state index in [-0.39, 0.29) is 35.8 Å². The smallest absolute Gasteiger partial charge is 0.306 e. The Bertz CT molecular complexity index is 835. The van der Waals surface area contributed by atoms with Gasteiger partial charge in [0, 0.05) is 0 Å². The fourth-order valence-corrected chi connectivity index (χ4v) is 3.50. The lowest BCUT2D eigenvalue weighted by atomic mass is 9.89. The van der Waals surface area contributed by atoms with Gasteiger partial charge in [-0.15, -0.1) is 0 Å². The zero-order chi connectivity index (χ0) is 23.0. The molecule has 8 nitrogen and oxygen atoms in total. The van der Waals surface area contributed by atoms with E-state index in [1.807, 2.05) is 0 Å². The second-order valence-corrected chi connectivity index (χ2v) is 7.42. The van der Waals surface area contributed by atoms with Crippen molar-refractivity contribution < 1.29 is 39.5 Å². The average molecular weight is 432 g/mol. The molecule has 0 aliphatic rings. The number of methoxy groups -OCH3 is 2. The molecule has 0 saturated heterocycles. The maximum Gasteiger partial charge on any atom is 0.306 e. The van der Waals surface area contributed by atoms with Crippen molar-refractivity contribution in [2.75, 3.05) is 14.2 Å². The summed E-state index contributed by atoms with van der Waals surface area (Å²) >= 11 is 0. The molecule has 31 heavy (non-hydrogen) atoms. The number of rotatable bonds is 12. The normalized spacial score (nSPS) is 12.7. The van der Waals surface area contributed by atoms with Crippen molar-refractivity contribution in [3.05, 3.63) is 47.5 Å². The van der Waals surface area contributed by atoms with Gasteiger partial charge in [0.2, 0.25) is 0 Å². The zero-order valence-electron chi connectivity index (χ0n) is 17.6. The minimum Gasteiger partial charge on any atom is -0.504 e. The van der Waals surface area contributed by atoms with E-state index in [0.717, 1.165) is 0 Å². The molecule has 2 aromatic carbocycles. The highest BCUT2D eigenvalue weighted by atomic mass is 16.5. The van der Waals surface area contributed by atoms with Crippen LogP contribution in [0.5, 0.6) is 23.0 Å². The van der Waals surface area contributed by atoms with Crippen LogP contribution in [0.2, 0.25) is 0 Å². The molecule has 2 unspecified atom stereocenters. The molecule has 0 aromatic heterocycles. The van der Waals surface area contributed by atoms with Crippen molar-refractivity contribution >= 4 is 11.9 Å². The fraction of sp³-hybridized carbons (Fsp3) is 0.391. The molecule has 0 spiro atoms. The summed E-state index contributed by atoms with van der Waals surface area (Å²) in [4.78, 5) is 23.4. The van der Waals surface area contributed by atoms with E-state index in [1.54, 1.807) is 24.3 Å². The highest BCUT2D eigenvalue weighted by Crippen LogP contribution is 2.30. The molecule has 4 N–H and O–H groups in total. The fourth-order valence-electron chi connectivity index (χ4n) is 3.50. The van der Waals surface area contributed by atoms with E-state index < -0.39 is 23.8 Å². The number of carboxylic acid groups (broad SMARTS) is 2. The van der Waals surface area contributed by atoms with Crippen molar-refractivity contribution in [2.24, 2.45) is 11.8 Å². The van der Waals surface area contributed by atoms with Crippen LogP contribution in [0.15, 0.2) is 36.4 Å². The van der Waals surface area contributed by atoms with E-state index in [2.05, 4.69) is 0 Å². The van der Waals surface area contributed by atoms with Gasteiger partial charge in [-0.05, 0) is 61.1 Å². The van der Waals surface area contributed by atoms with E-state index in [1.165, 1.54) is 26.4 Å². The van der Waals surface area contributed by atoms with E-state index in [9.17, 15) is 30.0 Å². The number of phenolic OH excluding ortho intramolecular Hbond substituents is 2. The second-order valence-electron chi connectivity index (χ2n) is 7.42. The van der Waals surface area contributed by atoms with Gasteiger partial charge in [-0.25, -0.2) is 0 Å². The quantitative estimate of drug-likeness (QED) is 0.401. The van der Waals surface area contributed by atoms with Gasteiger partial charge in [-0.1, -0.05) is 18.6 Å². The van der Waals surface area contributed by atoms with Gasteiger partial charge in [0.15, 0.2) is 23.0 Å². The van der Waals surface area contributed by atoms with Gasteiger partial charge in [-0.2, -0.15) is 0 Å². The monoisotopic (exact) mass is 432 g/mol. The first-order valence-electron chi connectivity index (χ1n) is 9.92. The molecule has 0 saturated carbocycles. The van der Waals surface area contributed by atoms with Crippen LogP contribution >= 0.6 is 0 Å². The van der Waals surface area contributed by atoms with Gasteiger partial charge in [-0.3, -0.25) is 9.59 Å². The summed E-state index contributed by atoms with van der Waals surface area (Å²) in [6.45, 7) is 0. The van der Waals surface area contributed by atoms with Crippen LogP contribution in [-0.2, 0) is 22.4 Å². The van der Waals surface area contributed by atoms with E-state index >= 15 is 0 Å². The molecular weight excluding hydrogens is 404 g/mol. The Labute approximate surface area is 180 Å². The van der Waals surface area contributed by atoms with Crippen LogP contribution in [0, 0.1) is 11.8 Å². The standard InChI is InChI=1S/C23H28O8/c1-30-20-12-14(6-8-18(20)24)10-16(22(26)27)4-3-5-17(23(28)29)11-15-7-9-19(25)21(13-15)31-2/h6-9,12-13,16-17,24-25H,3-5,10-11H2,1-2H3,(H,26,27)(H,28,29). The Hall–Kier alpha value is -3.42. The Balaban J connectivity index is 1.99. The lowest BCUT2D eigenvalue weighted by Crippen LogP contribution is -2.19. The van der Waals surface area contributed by atoms with Crippen molar-refractivity contribution in [2.45, 2.75) is 32.1 Å². The van der Waals surface area contributed by atoms with Crippen LogP contribution in [0.4, 0.5) is 0 Å². The van der Waals surface area contributed by atoms with Crippen molar-refractivity contribution in [1.29, 1.82) is 0 Å². The summed E-state index contributed by atoms with van der Waals surface area (Å²) in [6, 6.07) is 9.41. The van der Waals surface area contributed by atoms with Gasteiger partial charge in [0.25, 0.3) is 0 Å². The number of phenols is 2. The predicted molar refractivity (Wildman–Crippen MR) is 113 cm³/mol. The third-order valence-corrected chi connectivity index (χ3v) is 5.26. The number of aromatic hydroxyl groups is 2. The molecule has 0 aliphatic heterocycles. The number of ether oxygens (including phenoxy) is 2. The number of carbonyl (C=O) groups is 2. The van der Waals surface area contributed by atoms with E-state index in [0.29, 0.717) is 30.4 Å². The summed E-state index contributed by atoms with van der Waals surface area (Å²) in [5.74, 6) is -2.77. The topological polar surface area (TPSA) is 134 Å². The molecule has 0 fully saturated rings. The maximum atomic E-state index is 11.7. The average Bonchev–Trinajstić information content (AvgIpc) is 2.74. The first kappa shape index (κ1) is 23.9. The number of benzene rings is 2. The van der Waals surface area contributed by atoms with Crippen LogP contribution in [0.3, 0.4) is 0 Å². The predicted octanol–water partition coefficient (Wildman–Crippen LogP) is 3.47. The lowest BCUT2D eigenvalue weighted by Gasteiger charge is -2.16. The first-order valence-corrected chi connectivity index (χ1v) is 9.92. The highest BCUT2D eigenvalue weighted by molar-refractivity contribution is 5.71. The molecule has 0 bridgehead atoms. The van der Waals surface area contributed by atoms with Crippen molar-refractivity contribution in [3.63, 3.8) is 0 Å². The Morgan fingerprint density at radius 3 is 1.48 bits per heavy atom. The minimum atomic E-state index is -0.956. The van der Waals surface area contributed by atoms with Gasteiger partial charge >= 0.3 is 11.9 Å². The Morgan fingerprint density at radius 1 is 0.774 bits per heavy atom. The number of carboxylic acids is 2. The van der Waals surface area contributed by atoms with Crippen LogP contribution in [-0.4, -0.2) is 46.6 Å². The summed E-state index contributed by atoms with van der Waals surface area (Å²) in [5, 5.41) is 38.5. The number of hydrogen-bond donors (Lipinski definition) is 4. The van der Waals surface area contributed by atoms with Crippen LogP contribution in [0.25, 0.3) is 0 Å². The van der Waals surface area contributed by atoms with Gasteiger partial charge in [0.1, 0.15) is 0 Å². The zero-order valence-corrected chi connectivity index (χ0v) is 17.6. The molecule has 168 valence electrons. The molecule has 2 atom stereocenters. The third-order valence-electron chi connectivity index (χ3n) is 5.26. The van der Waals surface area contributed by atoms with Crippen molar-refractivity contribution in [3.8, 4) is 23.0 Å². The summed E-state index contributed by atoms with van der Waals surface area (Å²) in [5.41, 5.74) is 1.43. The molecule has 2 rings (SSSR count). The summed E-state index contributed by atoms with van der Waals surface area (Å²) in [6.07, 6.45) is 1.57. The van der Waals surface area contributed by atoms with Crippen LogP contribution in [0.1, 0.15) is 30.4 Å². The molecule has 0 heterocycles.